The Hall–Kier alpha value is -0.770. The molecule has 0 aromatic carbocycles. The zero-order valence-electron chi connectivity index (χ0n) is 13.4. The average molecular weight is 280 g/mol. The molecule has 0 aromatic heterocycles. The first kappa shape index (κ1) is 15.6. The van der Waals surface area contributed by atoms with Crippen molar-refractivity contribution in [3.8, 4) is 0 Å². The Morgan fingerprint density at radius 1 is 0.950 bits per heavy atom. The van der Waals surface area contributed by atoms with Crippen molar-refractivity contribution in [2.75, 3.05) is 32.7 Å². The fourth-order valence-electron chi connectivity index (χ4n) is 3.41. The molecule has 2 N–H and O–H groups in total. The van der Waals surface area contributed by atoms with Crippen LogP contribution in [0.3, 0.4) is 0 Å². The highest BCUT2D eigenvalue weighted by molar-refractivity contribution is 5.78. The van der Waals surface area contributed by atoms with Gasteiger partial charge in [-0.05, 0) is 44.7 Å². The van der Waals surface area contributed by atoms with Crippen molar-refractivity contribution in [2.45, 2.75) is 58.4 Å². The van der Waals surface area contributed by atoms with Crippen LogP contribution in [-0.4, -0.2) is 54.5 Å². The van der Waals surface area contributed by atoms with Crippen LogP contribution in [0, 0.1) is 5.92 Å². The van der Waals surface area contributed by atoms with Gasteiger partial charge in [0.05, 0.1) is 6.54 Å². The summed E-state index contributed by atoms with van der Waals surface area (Å²) in [4.78, 5) is 9.62. The monoisotopic (exact) mass is 280 g/mol. The first-order valence-electron chi connectivity index (χ1n) is 8.47. The van der Waals surface area contributed by atoms with Gasteiger partial charge in [-0.3, -0.25) is 9.89 Å². The van der Waals surface area contributed by atoms with E-state index in [1.807, 2.05) is 0 Å². The lowest BCUT2D eigenvalue weighted by atomic mass is 10.0. The lowest BCUT2D eigenvalue weighted by Crippen LogP contribution is -2.42. The summed E-state index contributed by atoms with van der Waals surface area (Å²) < 4.78 is 0. The van der Waals surface area contributed by atoms with Gasteiger partial charge in [-0.2, -0.15) is 0 Å². The van der Waals surface area contributed by atoms with Crippen molar-refractivity contribution in [2.24, 2.45) is 16.6 Å². The number of hydrogen-bond donors (Lipinski definition) is 1. The lowest BCUT2D eigenvalue weighted by Gasteiger charge is -2.30. The first-order valence-corrected chi connectivity index (χ1v) is 8.47. The summed E-state index contributed by atoms with van der Waals surface area (Å²) in [5.41, 5.74) is 6.22. The molecule has 0 amide bonds. The van der Waals surface area contributed by atoms with Crippen LogP contribution in [0.5, 0.6) is 0 Å². The maximum Gasteiger partial charge on any atom is 0.191 e. The van der Waals surface area contributed by atoms with Gasteiger partial charge in [0, 0.05) is 19.1 Å². The number of rotatable bonds is 4. The molecule has 2 aliphatic heterocycles. The molecule has 2 fully saturated rings. The molecule has 0 spiro atoms. The van der Waals surface area contributed by atoms with Crippen LogP contribution in [0.15, 0.2) is 4.99 Å². The van der Waals surface area contributed by atoms with E-state index in [9.17, 15) is 0 Å². The first-order chi connectivity index (χ1) is 9.68. The highest BCUT2D eigenvalue weighted by Gasteiger charge is 2.24. The number of guanidine groups is 1. The van der Waals surface area contributed by atoms with Gasteiger partial charge in [-0.25, -0.2) is 0 Å². The van der Waals surface area contributed by atoms with Crippen molar-refractivity contribution in [3.05, 3.63) is 0 Å². The van der Waals surface area contributed by atoms with Crippen molar-refractivity contribution >= 4 is 5.96 Å². The number of aliphatic imine (C=N–C) groups is 1. The summed E-state index contributed by atoms with van der Waals surface area (Å²) in [7, 11) is 0. The second-order valence-corrected chi connectivity index (χ2v) is 6.65. The van der Waals surface area contributed by atoms with Crippen molar-refractivity contribution in [3.63, 3.8) is 0 Å². The Labute approximate surface area is 124 Å². The molecule has 2 rings (SSSR count). The van der Waals surface area contributed by atoms with E-state index in [0.717, 1.165) is 25.6 Å². The van der Waals surface area contributed by atoms with Gasteiger partial charge in [0.2, 0.25) is 0 Å². The van der Waals surface area contributed by atoms with Gasteiger partial charge in [0.15, 0.2) is 5.96 Å². The number of nitrogens with two attached hydrogens (primary N) is 1. The molecule has 0 aromatic rings. The van der Waals surface area contributed by atoms with E-state index >= 15 is 0 Å². The summed E-state index contributed by atoms with van der Waals surface area (Å²) in [6.45, 7) is 10.1. The van der Waals surface area contributed by atoms with Crippen LogP contribution < -0.4 is 5.73 Å². The van der Waals surface area contributed by atoms with Gasteiger partial charge in [-0.1, -0.05) is 26.7 Å². The van der Waals surface area contributed by atoms with Crippen LogP contribution in [-0.2, 0) is 0 Å². The third kappa shape index (κ3) is 4.37. The maximum absolute atomic E-state index is 6.22. The summed E-state index contributed by atoms with van der Waals surface area (Å²) in [6, 6.07) is 0.558. The van der Waals surface area contributed by atoms with E-state index in [0.29, 0.717) is 12.0 Å². The van der Waals surface area contributed by atoms with E-state index in [4.69, 9.17) is 10.7 Å². The molecular formula is C16H32N4. The normalized spacial score (nSPS) is 24.1. The number of likely N-dealkylation sites (tertiary alicyclic amines) is 2. The van der Waals surface area contributed by atoms with Crippen LogP contribution in [0.25, 0.3) is 0 Å². The quantitative estimate of drug-likeness (QED) is 0.635. The molecule has 4 nitrogen and oxygen atoms in total. The molecule has 116 valence electrons. The predicted octanol–water partition coefficient (Wildman–Crippen LogP) is 2.30. The second-order valence-electron chi connectivity index (χ2n) is 6.65. The minimum atomic E-state index is 0.558. The molecule has 2 heterocycles. The molecule has 0 saturated carbocycles. The van der Waals surface area contributed by atoms with Crippen LogP contribution in [0.4, 0.5) is 0 Å². The second kappa shape index (κ2) is 7.87. The Morgan fingerprint density at radius 3 is 2.05 bits per heavy atom. The fraction of sp³-hybridized carbons (Fsp3) is 0.938. The molecule has 2 aliphatic rings. The third-order valence-corrected chi connectivity index (χ3v) is 4.75. The number of hydrogen-bond acceptors (Lipinski definition) is 2. The molecule has 20 heavy (non-hydrogen) atoms. The third-order valence-electron chi connectivity index (χ3n) is 4.75. The summed E-state index contributed by atoms with van der Waals surface area (Å²) >= 11 is 0. The Morgan fingerprint density at radius 2 is 1.50 bits per heavy atom. The van der Waals surface area contributed by atoms with Crippen LogP contribution in [0.2, 0.25) is 0 Å². The standard InChI is InChI=1S/C16H32N4/c1-14(2)15(19-9-7-8-10-19)13-18-16(17)20-11-5-3-4-6-12-20/h14-15H,3-13H2,1-2H3,(H2,17,18). The van der Waals surface area contributed by atoms with Crippen LogP contribution in [0.1, 0.15) is 52.4 Å². The fourth-order valence-corrected chi connectivity index (χ4v) is 3.41. The number of nitrogens with zero attached hydrogens (tertiary/aromatic N) is 3. The molecule has 1 atom stereocenters. The maximum atomic E-state index is 6.22. The summed E-state index contributed by atoms with van der Waals surface area (Å²) in [6.07, 6.45) is 7.88. The van der Waals surface area contributed by atoms with E-state index < -0.39 is 0 Å². The van der Waals surface area contributed by atoms with Crippen molar-refractivity contribution in [1.29, 1.82) is 0 Å². The van der Waals surface area contributed by atoms with E-state index in [2.05, 4.69) is 23.6 Å². The lowest BCUT2D eigenvalue weighted by molar-refractivity contribution is 0.197. The molecule has 0 radical (unpaired) electrons. The zero-order chi connectivity index (χ0) is 14.4. The minimum Gasteiger partial charge on any atom is -0.370 e. The highest BCUT2D eigenvalue weighted by Crippen LogP contribution is 2.18. The van der Waals surface area contributed by atoms with Gasteiger partial charge in [-0.15, -0.1) is 0 Å². The smallest absolute Gasteiger partial charge is 0.191 e. The molecular weight excluding hydrogens is 248 g/mol. The predicted molar refractivity (Wildman–Crippen MR) is 86.0 cm³/mol. The van der Waals surface area contributed by atoms with Gasteiger partial charge >= 0.3 is 0 Å². The van der Waals surface area contributed by atoms with E-state index in [1.165, 1.54) is 51.6 Å². The SMILES string of the molecule is CC(C)C(CN=C(N)N1CCCCCC1)N1CCCC1. The van der Waals surface area contributed by atoms with Gasteiger partial charge in [0.1, 0.15) is 0 Å². The topological polar surface area (TPSA) is 44.9 Å². The average Bonchev–Trinajstić information content (AvgIpc) is 2.80. The zero-order valence-corrected chi connectivity index (χ0v) is 13.4. The molecule has 4 heteroatoms. The molecule has 0 bridgehead atoms. The Balaban J connectivity index is 1.90. The van der Waals surface area contributed by atoms with Crippen LogP contribution >= 0.6 is 0 Å². The molecule has 0 aliphatic carbocycles. The largest absolute Gasteiger partial charge is 0.370 e. The molecule has 2 saturated heterocycles. The van der Waals surface area contributed by atoms with Gasteiger partial charge in [0.25, 0.3) is 0 Å². The highest BCUT2D eigenvalue weighted by atomic mass is 15.3. The van der Waals surface area contributed by atoms with Crippen molar-refractivity contribution in [1.82, 2.24) is 9.80 Å². The summed E-state index contributed by atoms with van der Waals surface area (Å²) in [5, 5.41) is 0. The van der Waals surface area contributed by atoms with Crippen molar-refractivity contribution < 1.29 is 0 Å². The van der Waals surface area contributed by atoms with Gasteiger partial charge < -0.3 is 10.6 Å². The Bertz CT molecular complexity index is 300. The van der Waals surface area contributed by atoms with E-state index in [-0.39, 0.29) is 0 Å². The Kier molecular flexibility index (Phi) is 6.14. The summed E-state index contributed by atoms with van der Waals surface area (Å²) in [5.74, 6) is 1.42. The minimum absolute atomic E-state index is 0.558. The molecule has 1 unspecified atom stereocenters. The van der Waals surface area contributed by atoms with E-state index in [1.54, 1.807) is 0 Å².